The number of piperidine rings is 1. The number of anilines is 3. The summed E-state index contributed by atoms with van der Waals surface area (Å²) in [6.07, 6.45) is 2.61. The predicted molar refractivity (Wildman–Crippen MR) is 96.5 cm³/mol. The smallest absolute Gasteiger partial charge is 0.312 e. The van der Waals surface area contributed by atoms with Crippen LogP contribution in [0, 0.1) is 6.92 Å². The van der Waals surface area contributed by atoms with Gasteiger partial charge >= 0.3 is 6.03 Å². The first-order valence-corrected chi connectivity index (χ1v) is 8.17. The Balaban J connectivity index is 1.60. The zero-order valence-electron chi connectivity index (χ0n) is 13.7. The van der Waals surface area contributed by atoms with E-state index in [1.807, 2.05) is 55.5 Å². The van der Waals surface area contributed by atoms with Crippen molar-refractivity contribution >= 4 is 29.0 Å². The van der Waals surface area contributed by atoms with Crippen molar-refractivity contribution in [2.24, 2.45) is 0 Å². The van der Waals surface area contributed by atoms with Crippen molar-refractivity contribution in [3.8, 4) is 0 Å². The summed E-state index contributed by atoms with van der Waals surface area (Å²) in [6, 6.07) is 14.7. The van der Waals surface area contributed by atoms with E-state index < -0.39 is 0 Å². The second-order valence-electron chi connectivity index (χ2n) is 5.99. The molecule has 0 bridgehead atoms. The molecule has 1 aliphatic rings. The first-order chi connectivity index (χ1) is 11.6. The number of carbonyl (C=O) groups excluding carboxylic acids is 2. The first-order valence-electron chi connectivity index (χ1n) is 8.17. The summed E-state index contributed by atoms with van der Waals surface area (Å²) in [5.74, 6) is 0.166. The summed E-state index contributed by atoms with van der Waals surface area (Å²) >= 11 is 0. The van der Waals surface area contributed by atoms with Crippen LogP contribution < -0.4 is 15.5 Å². The minimum absolute atomic E-state index is 0.166. The number of benzene rings is 2. The zero-order valence-corrected chi connectivity index (χ0v) is 13.7. The number of urea groups is 1. The highest BCUT2D eigenvalue weighted by Crippen LogP contribution is 2.22. The molecule has 1 aliphatic heterocycles. The summed E-state index contributed by atoms with van der Waals surface area (Å²) in [7, 11) is 0. The Morgan fingerprint density at radius 2 is 1.50 bits per heavy atom. The molecule has 24 heavy (non-hydrogen) atoms. The number of amides is 3. The van der Waals surface area contributed by atoms with Gasteiger partial charge in [0.25, 0.3) is 0 Å². The van der Waals surface area contributed by atoms with Crippen molar-refractivity contribution in [3.63, 3.8) is 0 Å². The molecule has 2 aromatic carbocycles. The van der Waals surface area contributed by atoms with Gasteiger partial charge in [-0.25, -0.2) is 4.79 Å². The minimum atomic E-state index is -0.291. The highest BCUT2D eigenvalue weighted by Gasteiger charge is 2.19. The molecule has 1 heterocycles. The normalized spacial score (nSPS) is 14.4. The lowest BCUT2D eigenvalue weighted by Gasteiger charge is -2.26. The fourth-order valence-electron chi connectivity index (χ4n) is 2.73. The van der Waals surface area contributed by atoms with Gasteiger partial charge in [-0.05, 0) is 56.2 Å². The number of hydrogen-bond acceptors (Lipinski definition) is 2. The van der Waals surface area contributed by atoms with Gasteiger partial charge in [0.1, 0.15) is 0 Å². The molecule has 0 spiro atoms. The maximum atomic E-state index is 12.0. The molecular weight excluding hydrogens is 302 g/mol. The van der Waals surface area contributed by atoms with E-state index in [9.17, 15) is 9.59 Å². The third-order valence-electron chi connectivity index (χ3n) is 4.07. The van der Waals surface area contributed by atoms with Gasteiger partial charge in [-0.15, -0.1) is 0 Å². The molecule has 0 unspecified atom stereocenters. The van der Waals surface area contributed by atoms with Gasteiger partial charge in [0.2, 0.25) is 5.91 Å². The molecule has 0 saturated carbocycles. The molecular formula is C19H21N3O2. The number of nitrogens with one attached hydrogen (secondary N) is 2. The average Bonchev–Trinajstić information content (AvgIpc) is 2.58. The van der Waals surface area contributed by atoms with Crippen LogP contribution >= 0.6 is 0 Å². The molecule has 0 atom stereocenters. The number of aryl methyl sites for hydroxylation is 1. The Morgan fingerprint density at radius 3 is 2.08 bits per heavy atom. The maximum Gasteiger partial charge on any atom is 0.323 e. The zero-order chi connectivity index (χ0) is 16.9. The highest BCUT2D eigenvalue weighted by molar-refractivity contribution is 6.00. The van der Waals surface area contributed by atoms with Gasteiger partial charge in [0, 0.05) is 30.0 Å². The van der Waals surface area contributed by atoms with Crippen molar-refractivity contribution in [3.05, 3.63) is 54.1 Å². The summed E-state index contributed by atoms with van der Waals surface area (Å²) in [5, 5.41) is 5.58. The first kappa shape index (κ1) is 16.1. The van der Waals surface area contributed by atoms with Crippen LogP contribution in [0.2, 0.25) is 0 Å². The van der Waals surface area contributed by atoms with Gasteiger partial charge < -0.3 is 15.5 Å². The van der Waals surface area contributed by atoms with Crippen molar-refractivity contribution in [2.75, 3.05) is 22.1 Å². The Labute approximate surface area is 141 Å². The van der Waals surface area contributed by atoms with Crippen LogP contribution in [0.3, 0.4) is 0 Å². The van der Waals surface area contributed by atoms with Crippen molar-refractivity contribution < 1.29 is 9.59 Å². The number of carbonyl (C=O) groups is 2. The van der Waals surface area contributed by atoms with E-state index in [0.29, 0.717) is 12.1 Å². The SMILES string of the molecule is Cc1ccc(NC(=O)Nc2ccc(N3CCCCC3=O)cc2)cc1. The van der Waals surface area contributed by atoms with E-state index in [2.05, 4.69) is 10.6 Å². The molecule has 0 aliphatic carbocycles. The van der Waals surface area contributed by atoms with Crippen LogP contribution in [0.5, 0.6) is 0 Å². The standard InChI is InChI=1S/C19H21N3O2/c1-14-5-7-15(8-6-14)20-19(24)21-16-9-11-17(12-10-16)22-13-3-2-4-18(22)23/h5-12H,2-4,13H2,1H3,(H2,20,21,24). The average molecular weight is 323 g/mol. The van der Waals surface area contributed by atoms with E-state index in [0.717, 1.165) is 36.3 Å². The van der Waals surface area contributed by atoms with Crippen molar-refractivity contribution in [1.82, 2.24) is 0 Å². The fourth-order valence-corrected chi connectivity index (χ4v) is 2.73. The largest absolute Gasteiger partial charge is 0.323 e. The van der Waals surface area contributed by atoms with Crippen molar-refractivity contribution in [2.45, 2.75) is 26.2 Å². The molecule has 1 saturated heterocycles. The third kappa shape index (κ3) is 3.93. The summed E-state index contributed by atoms with van der Waals surface area (Å²) in [4.78, 5) is 25.8. The lowest BCUT2D eigenvalue weighted by atomic mass is 10.1. The predicted octanol–water partition coefficient (Wildman–Crippen LogP) is 4.16. The lowest BCUT2D eigenvalue weighted by Crippen LogP contribution is -2.35. The van der Waals surface area contributed by atoms with Crippen LogP contribution in [0.15, 0.2) is 48.5 Å². The maximum absolute atomic E-state index is 12.0. The molecule has 0 radical (unpaired) electrons. The van der Waals surface area contributed by atoms with Gasteiger partial charge in [0.15, 0.2) is 0 Å². The Hall–Kier alpha value is -2.82. The van der Waals surface area contributed by atoms with E-state index >= 15 is 0 Å². The summed E-state index contributed by atoms with van der Waals surface area (Å²) in [5.41, 5.74) is 3.45. The Bertz CT molecular complexity index is 723. The summed E-state index contributed by atoms with van der Waals surface area (Å²) < 4.78 is 0. The van der Waals surface area contributed by atoms with Crippen LogP contribution in [0.1, 0.15) is 24.8 Å². The second kappa shape index (κ2) is 7.17. The monoisotopic (exact) mass is 323 g/mol. The van der Waals surface area contributed by atoms with E-state index in [1.165, 1.54) is 0 Å². The Kier molecular flexibility index (Phi) is 4.79. The molecule has 2 N–H and O–H groups in total. The minimum Gasteiger partial charge on any atom is -0.312 e. The molecule has 2 aromatic rings. The van der Waals surface area contributed by atoms with Gasteiger partial charge in [0.05, 0.1) is 0 Å². The van der Waals surface area contributed by atoms with Gasteiger partial charge in [-0.2, -0.15) is 0 Å². The van der Waals surface area contributed by atoms with Crippen LogP contribution in [0.4, 0.5) is 21.9 Å². The molecule has 5 heteroatoms. The lowest BCUT2D eigenvalue weighted by molar-refractivity contribution is -0.119. The van der Waals surface area contributed by atoms with Crippen LogP contribution in [-0.2, 0) is 4.79 Å². The number of hydrogen-bond donors (Lipinski definition) is 2. The highest BCUT2D eigenvalue weighted by atomic mass is 16.2. The third-order valence-corrected chi connectivity index (χ3v) is 4.07. The molecule has 1 fully saturated rings. The number of rotatable bonds is 3. The molecule has 3 amide bonds. The van der Waals surface area contributed by atoms with Crippen LogP contribution in [0.25, 0.3) is 0 Å². The molecule has 3 rings (SSSR count). The summed E-state index contributed by atoms with van der Waals surface area (Å²) in [6.45, 7) is 2.76. The fraction of sp³-hybridized carbons (Fsp3) is 0.263. The quantitative estimate of drug-likeness (QED) is 0.891. The van der Waals surface area contributed by atoms with E-state index in [4.69, 9.17) is 0 Å². The van der Waals surface area contributed by atoms with Crippen LogP contribution in [-0.4, -0.2) is 18.5 Å². The molecule has 124 valence electrons. The molecule has 0 aromatic heterocycles. The number of nitrogens with zero attached hydrogens (tertiary/aromatic N) is 1. The Morgan fingerprint density at radius 1 is 0.917 bits per heavy atom. The topological polar surface area (TPSA) is 61.4 Å². The second-order valence-corrected chi connectivity index (χ2v) is 5.99. The van der Waals surface area contributed by atoms with Crippen molar-refractivity contribution in [1.29, 1.82) is 0 Å². The van der Waals surface area contributed by atoms with Gasteiger partial charge in [-0.1, -0.05) is 17.7 Å². The van der Waals surface area contributed by atoms with E-state index in [1.54, 1.807) is 4.90 Å². The van der Waals surface area contributed by atoms with Gasteiger partial charge in [-0.3, -0.25) is 4.79 Å². The molecule has 5 nitrogen and oxygen atoms in total. The van der Waals surface area contributed by atoms with E-state index in [-0.39, 0.29) is 11.9 Å².